The molecule has 0 unspecified atom stereocenters. The molecule has 2 aromatic heterocycles. The van der Waals surface area contributed by atoms with Gasteiger partial charge in [-0.25, -0.2) is 0 Å². The Morgan fingerprint density at radius 1 is 1.08 bits per heavy atom. The van der Waals surface area contributed by atoms with Gasteiger partial charge in [0.15, 0.2) is 0 Å². The maximum absolute atomic E-state index is 13.0. The van der Waals surface area contributed by atoms with Crippen molar-refractivity contribution >= 4 is 17.7 Å². The first-order valence-electron chi connectivity index (χ1n) is 8.55. The lowest BCUT2D eigenvalue weighted by Crippen LogP contribution is -2.31. The largest absolute Gasteiger partial charge is 0.411 e. The molecule has 0 bridgehead atoms. The van der Waals surface area contributed by atoms with E-state index in [1.165, 1.54) is 11.8 Å². The molecule has 0 saturated carbocycles. The Hall–Kier alpha value is -2.67. The molecule has 1 fully saturated rings. The maximum Gasteiger partial charge on any atom is 0.277 e. The van der Waals surface area contributed by atoms with Crippen LogP contribution in [0.4, 0.5) is 0 Å². The summed E-state index contributed by atoms with van der Waals surface area (Å²) in [6.45, 7) is 1.63. The van der Waals surface area contributed by atoms with Gasteiger partial charge in [-0.1, -0.05) is 30.3 Å². The van der Waals surface area contributed by atoms with Crippen LogP contribution in [0.5, 0.6) is 0 Å². The molecule has 1 amide bonds. The fraction of sp³-hybridized carbons (Fsp3) is 0.263. The Balaban J connectivity index is 1.59. The molecule has 6 nitrogen and oxygen atoms in total. The number of amides is 1. The highest BCUT2D eigenvalue weighted by atomic mass is 32.2. The van der Waals surface area contributed by atoms with Crippen LogP contribution in [-0.4, -0.2) is 39.1 Å². The summed E-state index contributed by atoms with van der Waals surface area (Å²) in [5.41, 5.74) is 1.70. The first kappa shape index (κ1) is 16.8. The number of rotatable bonds is 5. The summed E-state index contributed by atoms with van der Waals surface area (Å²) in [6.07, 6.45) is 5.48. The number of hydrogen-bond acceptors (Lipinski definition) is 6. The number of thioether (sulfide) groups is 1. The molecule has 0 aliphatic carbocycles. The van der Waals surface area contributed by atoms with Crippen molar-refractivity contribution in [3.05, 3.63) is 60.4 Å². The number of carbonyl (C=O) groups excluding carboxylic acids is 1. The summed E-state index contributed by atoms with van der Waals surface area (Å²) in [5, 5.41) is 8.19. The molecule has 1 aliphatic heterocycles. The van der Waals surface area contributed by atoms with Gasteiger partial charge in [-0.05, 0) is 42.3 Å². The van der Waals surface area contributed by atoms with E-state index in [1.807, 2.05) is 47.4 Å². The van der Waals surface area contributed by atoms with Gasteiger partial charge in [-0.2, -0.15) is 0 Å². The van der Waals surface area contributed by atoms with Crippen LogP contribution in [0.1, 0.15) is 23.7 Å². The predicted octanol–water partition coefficient (Wildman–Crippen LogP) is 3.59. The van der Waals surface area contributed by atoms with Crippen LogP contribution < -0.4 is 0 Å². The average Bonchev–Trinajstić information content (AvgIpc) is 3.39. The Labute approximate surface area is 155 Å². The number of nitrogens with zero attached hydrogens (tertiary/aromatic N) is 4. The van der Waals surface area contributed by atoms with E-state index in [1.54, 1.807) is 12.4 Å². The summed E-state index contributed by atoms with van der Waals surface area (Å²) >= 11 is 1.30. The van der Waals surface area contributed by atoms with Crippen molar-refractivity contribution in [1.82, 2.24) is 20.1 Å². The van der Waals surface area contributed by atoms with Crippen LogP contribution >= 0.6 is 11.8 Å². The number of aromatic nitrogens is 3. The van der Waals surface area contributed by atoms with E-state index in [0.29, 0.717) is 11.1 Å². The minimum Gasteiger partial charge on any atom is -0.411 e. The predicted molar refractivity (Wildman–Crippen MR) is 98.4 cm³/mol. The van der Waals surface area contributed by atoms with Gasteiger partial charge in [-0.3, -0.25) is 9.78 Å². The average molecular weight is 366 g/mol. The molecule has 3 aromatic rings. The Morgan fingerprint density at radius 2 is 1.88 bits per heavy atom. The SMILES string of the molecule is O=C([C@@H](Sc1nnc(-c2cccnc2)o1)c1ccccc1)N1CCCC1. The van der Waals surface area contributed by atoms with Gasteiger partial charge in [0, 0.05) is 25.5 Å². The van der Waals surface area contributed by atoms with Crippen molar-refractivity contribution in [2.45, 2.75) is 23.3 Å². The van der Waals surface area contributed by atoms with Gasteiger partial charge < -0.3 is 9.32 Å². The van der Waals surface area contributed by atoms with Gasteiger partial charge >= 0.3 is 0 Å². The topological polar surface area (TPSA) is 72.1 Å². The third-order valence-electron chi connectivity index (χ3n) is 4.28. The Bertz CT molecular complexity index is 864. The smallest absolute Gasteiger partial charge is 0.277 e. The van der Waals surface area contributed by atoms with Crippen LogP contribution in [-0.2, 0) is 4.79 Å². The van der Waals surface area contributed by atoms with Crippen molar-refractivity contribution in [3.63, 3.8) is 0 Å². The van der Waals surface area contributed by atoms with Crippen molar-refractivity contribution in [3.8, 4) is 11.5 Å². The van der Waals surface area contributed by atoms with E-state index in [9.17, 15) is 4.79 Å². The molecule has 3 heterocycles. The third kappa shape index (κ3) is 3.62. The normalized spacial score (nSPS) is 15.2. The molecule has 0 spiro atoms. The molecule has 1 aliphatic rings. The van der Waals surface area contributed by atoms with Crippen molar-refractivity contribution < 1.29 is 9.21 Å². The first-order valence-corrected chi connectivity index (χ1v) is 9.43. The van der Waals surface area contributed by atoms with Gasteiger partial charge in [0.1, 0.15) is 5.25 Å². The lowest BCUT2D eigenvalue weighted by atomic mass is 10.1. The van der Waals surface area contributed by atoms with Crippen LogP contribution in [0.2, 0.25) is 0 Å². The molecular formula is C19H18N4O2S. The highest BCUT2D eigenvalue weighted by Crippen LogP contribution is 2.37. The lowest BCUT2D eigenvalue weighted by molar-refractivity contribution is -0.129. The molecule has 1 saturated heterocycles. The Kier molecular flexibility index (Phi) is 4.97. The minimum absolute atomic E-state index is 0.0971. The number of benzene rings is 1. The highest BCUT2D eigenvalue weighted by Gasteiger charge is 2.30. The molecule has 132 valence electrons. The van der Waals surface area contributed by atoms with Gasteiger partial charge in [0.25, 0.3) is 5.22 Å². The van der Waals surface area contributed by atoms with Crippen LogP contribution in [0.3, 0.4) is 0 Å². The van der Waals surface area contributed by atoms with E-state index in [2.05, 4.69) is 15.2 Å². The Morgan fingerprint density at radius 3 is 2.62 bits per heavy atom. The zero-order chi connectivity index (χ0) is 17.8. The van der Waals surface area contributed by atoms with E-state index in [4.69, 9.17) is 4.42 Å². The fourth-order valence-corrected chi connectivity index (χ4v) is 3.92. The van der Waals surface area contributed by atoms with E-state index in [-0.39, 0.29) is 5.91 Å². The van der Waals surface area contributed by atoms with Gasteiger partial charge in [0.05, 0.1) is 5.56 Å². The third-order valence-corrected chi connectivity index (χ3v) is 5.35. The first-order chi connectivity index (χ1) is 12.8. The zero-order valence-electron chi connectivity index (χ0n) is 14.1. The molecular weight excluding hydrogens is 348 g/mol. The van der Waals surface area contributed by atoms with E-state index in [0.717, 1.165) is 37.1 Å². The number of carbonyl (C=O) groups is 1. The zero-order valence-corrected chi connectivity index (χ0v) is 14.9. The van der Waals surface area contributed by atoms with Crippen LogP contribution in [0.15, 0.2) is 64.5 Å². The van der Waals surface area contributed by atoms with Crippen LogP contribution in [0.25, 0.3) is 11.5 Å². The number of likely N-dealkylation sites (tertiary alicyclic amines) is 1. The molecule has 7 heteroatoms. The second kappa shape index (κ2) is 7.70. The molecule has 26 heavy (non-hydrogen) atoms. The van der Waals surface area contributed by atoms with E-state index >= 15 is 0 Å². The second-order valence-electron chi connectivity index (χ2n) is 6.06. The second-order valence-corrected chi connectivity index (χ2v) is 7.11. The monoisotopic (exact) mass is 366 g/mol. The van der Waals surface area contributed by atoms with E-state index < -0.39 is 5.25 Å². The summed E-state index contributed by atoms with van der Waals surface area (Å²) in [7, 11) is 0. The van der Waals surface area contributed by atoms with Gasteiger partial charge in [-0.15, -0.1) is 10.2 Å². The summed E-state index contributed by atoms with van der Waals surface area (Å²) in [6, 6.07) is 13.4. The minimum atomic E-state index is -0.392. The summed E-state index contributed by atoms with van der Waals surface area (Å²) < 4.78 is 5.76. The van der Waals surface area contributed by atoms with Crippen LogP contribution in [0, 0.1) is 0 Å². The van der Waals surface area contributed by atoms with Crippen molar-refractivity contribution in [2.75, 3.05) is 13.1 Å². The highest BCUT2D eigenvalue weighted by molar-refractivity contribution is 8.00. The lowest BCUT2D eigenvalue weighted by Gasteiger charge is -2.22. The standard InChI is InChI=1S/C19H18N4O2S/c24-18(23-11-4-5-12-23)16(14-7-2-1-3-8-14)26-19-22-21-17(25-19)15-9-6-10-20-13-15/h1-3,6-10,13,16H,4-5,11-12H2/t16-/m0/s1. The van der Waals surface area contributed by atoms with Crippen molar-refractivity contribution in [2.24, 2.45) is 0 Å². The van der Waals surface area contributed by atoms with Gasteiger partial charge in [0.2, 0.25) is 11.8 Å². The quantitative estimate of drug-likeness (QED) is 0.643. The maximum atomic E-state index is 13.0. The molecule has 1 aromatic carbocycles. The molecule has 4 rings (SSSR count). The summed E-state index contributed by atoms with van der Waals surface area (Å²) in [4.78, 5) is 19.0. The number of pyridine rings is 1. The molecule has 0 N–H and O–H groups in total. The number of hydrogen-bond donors (Lipinski definition) is 0. The molecule has 0 radical (unpaired) electrons. The fourth-order valence-electron chi connectivity index (χ4n) is 2.96. The molecule has 1 atom stereocenters. The van der Waals surface area contributed by atoms with Crippen molar-refractivity contribution in [1.29, 1.82) is 0 Å². The summed E-state index contributed by atoms with van der Waals surface area (Å²) in [5.74, 6) is 0.501.